The summed E-state index contributed by atoms with van der Waals surface area (Å²) >= 11 is 0. The second-order valence-electron chi connectivity index (χ2n) is 9.53. The van der Waals surface area contributed by atoms with Crippen molar-refractivity contribution in [3.8, 4) is 11.4 Å². The van der Waals surface area contributed by atoms with E-state index in [0.29, 0.717) is 11.3 Å². The lowest BCUT2D eigenvalue weighted by Gasteiger charge is -2.43. The quantitative estimate of drug-likeness (QED) is 0.361. The van der Waals surface area contributed by atoms with Crippen LogP contribution in [0.2, 0.25) is 0 Å². The number of allylic oxidation sites excluding steroid dienone is 1. The van der Waals surface area contributed by atoms with Gasteiger partial charge in [-0.05, 0) is 89.6 Å². The fraction of sp³-hybridized carbons (Fsp3) is 0.310. The molecule has 3 aromatic rings. The highest BCUT2D eigenvalue weighted by molar-refractivity contribution is 5.96. The Bertz CT molecular complexity index is 1290. The number of ether oxygens (including phenoxy) is 1. The zero-order valence-corrected chi connectivity index (χ0v) is 21.6. The van der Waals surface area contributed by atoms with E-state index in [1.165, 1.54) is 5.57 Å². The zero-order valence-electron chi connectivity index (χ0n) is 21.6. The van der Waals surface area contributed by atoms with E-state index in [1.54, 1.807) is 13.3 Å². The summed E-state index contributed by atoms with van der Waals surface area (Å²) in [7, 11) is 1.65. The Morgan fingerprint density at radius 1 is 1.06 bits per heavy atom. The molecule has 0 bridgehead atoms. The molecule has 0 unspecified atom stereocenters. The predicted octanol–water partition coefficient (Wildman–Crippen LogP) is 5.89. The van der Waals surface area contributed by atoms with Gasteiger partial charge in [0.1, 0.15) is 5.75 Å². The zero-order chi connectivity index (χ0) is 25.3. The average molecular weight is 471 g/mol. The molecule has 0 spiro atoms. The molecule has 0 fully saturated rings. The van der Waals surface area contributed by atoms with Crippen molar-refractivity contribution in [3.63, 3.8) is 0 Å². The molecular weight excluding hydrogens is 436 g/mol. The fourth-order valence-electron chi connectivity index (χ4n) is 5.04. The number of methoxy groups -OCH3 is 1. The number of hydrogen-bond acceptors (Lipinski definition) is 4. The van der Waals surface area contributed by atoms with Crippen molar-refractivity contribution in [2.75, 3.05) is 18.6 Å². The molecule has 6 heteroatoms. The number of amides is 1. The first-order valence-corrected chi connectivity index (χ1v) is 11.9. The van der Waals surface area contributed by atoms with Crippen molar-refractivity contribution in [1.82, 2.24) is 9.99 Å². The number of aromatic nitrogens is 1. The molecule has 4 rings (SSSR count). The van der Waals surface area contributed by atoms with E-state index < -0.39 is 0 Å². The van der Waals surface area contributed by atoms with Gasteiger partial charge in [0.2, 0.25) is 0 Å². The molecule has 0 aliphatic carbocycles. The van der Waals surface area contributed by atoms with Crippen LogP contribution in [-0.4, -0.2) is 35.9 Å². The number of likely N-dealkylation sites (N-methyl/N-ethyl adjacent to an activating group) is 1. The Hall–Kier alpha value is -3.80. The second kappa shape index (κ2) is 9.45. The summed E-state index contributed by atoms with van der Waals surface area (Å²) in [5, 5.41) is 4.23. The number of hydrazone groups is 1. The number of rotatable bonds is 6. The van der Waals surface area contributed by atoms with Gasteiger partial charge in [-0.3, -0.25) is 4.79 Å². The summed E-state index contributed by atoms with van der Waals surface area (Å²) in [5.74, 6) is 0.452. The normalized spacial score (nSPS) is 14.6. The Balaban J connectivity index is 1.54. The lowest BCUT2D eigenvalue weighted by Crippen LogP contribution is -2.44. The van der Waals surface area contributed by atoms with E-state index >= 15 is 0 Å². The molecule has 2 aromatic carbocycles. The highest BCUT2D eigenvalue weighted by Gasteiger charge is 2.31. The van der Waals surface area contributed by atoms with Crippen molar-refractivity contribution in [3.05, 3.63) is 82.7 Å². The first-order chi connectivity index (χ1) is 16.7. The van der Waals surface area contributed by atoms with Gasteiger partial charge in [0, 0.05) is 52.1 Å². The summed E-state index contributed by atoms with van der Waals surface area (Å²) < 4.78 is 7.82. The summed E-state index contributed by atoms with van der Waals surface area (Å²) in [5.41, 5.74) is 10.8. The van der Waals surface area contributed by atoms with Gasteiger partial charge in [0.25, 0.3) is 5.91 Å². The van der Waals surface area contributed by atoms with Gasteiger partial charge in [-0.2, -0.15) is 5.10 Å². The molecule has 35 heavy (non-hydrogen) atoms. The molecule has 0 radical (unpaired) electrons. The summed E-state index contributed by atoms with van der Waals surface area (Å²) in [6, 6.07) is 15.8. The van der Waals surface area contributed by atoms with Crippen molar-refractivity contribution >= 4 is 23.4 Å². The largest absolute Gasteiger partial charge is 0.496 e. The van der Waals surface area contributed by atoms with Gasteiger partial charge in [-0.25, -0.2) is 5.43 Å². The van der Waals surface area contributed by atoms with Crippen molar-refractivity contribution in [2.45, 2.75) is 47.1 Å². The topological polar surface area (TPSA) is 58.9 Å². The van der Waals surface area contributed by atoms with Crippen molar-refractivity contribution in [1.29, 1.82) is 0 Å². The van der Waals surface area contributed by atoms with Gasteiger partial charge >= 0.3 is 0 Å². The minimum Gasteiger partial charge on any atom is -0.496 e. The lowest BCUT2D eigenvalue weighted by molar-refractivity contribution is 0.0955. The van der Waals surface area contributed by atoms with E-state index in [2.05, 4.69) is 91.9 Å². The van der Waals surface area contributed by atoms with Crippen LogP contribution in [0.25, 0.3) is 11.3 Å². The van der Waals surface area contributed by atoms with Gasteiger partial charge in [0.05, 0.1) is 18.9 Å². The molecule has 1 N–H and O–H groups in total. The molecule has 0 saturated carbocycles. The average Bonchev–Trinajstić information content (AvgIpc) is 3.16. The minimum absolute atomic E-state index is 0.0747. The third-order valence-corrected chi connectivity index (χ3v) is 6.67. The lowest BCUT2D eigenvalue weighted by atomic mass is 9.88. The Labute approximate surface area is 207 Å². The number of nitrogens with zero attached hydrogens (tertiary/aromatic N) is 3. The van der Waals surface area contributed by atoms with Gasteiger partial charge in [-0.1, -0.05) is 6.08 Å². The highest BCUT2D eigenvalue weighted by Crippen LogP contribution is 2.41. The minimum atomic E-state index is -0.263. The summed E-state index contributed by atoms with van der Waals surface area (Å²) in [4.78, 5) is 15.0. The molecule has 2 heterocycles. The van der Waals surface area contributed by atoms with Gasteiger partial charge < -0.3 is 14.2 Å². The van der Waals surface area contributed by atoms with Crippen LogP contribution in [0.4, 0.5) is 5.69 Å². The van der Waals surface area contributed by atoms with Crippen LogP contribution in [0.1, 0.15) is 60.6 Å². The predicted molar refractivity (Wildman–Crippen MR) is 144 cm³/mol. The third-order valence-electron chi connectivity index (χ3n) is 6.67. The van der Waals surface area contributed by atoms with E-state index in [0.717, 1.165) is 40.4 Å². The molecule has 1 aromatic heterocycles. The first kappa shape index (κ1) is 24.3. The van der Waals surface area contributed by atoms with Crippen LogP contribution in [0.15, 0.2) is 59.7 Å². The van der Waals surface area contributed by atoms with Crippen LogP contribution < -0.4 is 15.1 Å². The first-order valence-electron chi connectivity index (χ1n) is 11.9. The number of anilines is 1. The number of aryl methyl sites for hydroxylation is 2. The summed E-state index contributed by atoms with van der Waals surface area (Å²) in [6.07, 6.45) is 3.93. The molecule has 0 atom stereocenters. The maximum Gasteiger partial charge on any atom is 0.271 e. The van der Waals surface area contributed by atoms with Crippen LogP contribution >= 0.6 is 0 Å². The van der Waals surface area contributed by atoms with Crippen molar-refractivity contribution < 1.29 is 9.53 Å². The highest BCUT2D eigenvalue weighted by atomic mass is 16.5. The summed E-state index contributed by atoms with van der Waals surface area (Å²) in [6.45, 7) is 13.7. The van der Waals surface area contributed by atoms with Crippen LogP contribution in [-0.2, 0) is 0 Å². The molecular formula is C29H34N4O2. The monoisotopic (exact) mass is 470 g/mol. The third kappa shape index (κ3) is 4.61. The van der Waals surface area contributed by atoms with Crippen LogP contribution in [0.3, 0.4) is 0 Å². The van der Waals surface area contributed by atoms with Gasteiger partial charge in [-0.15, -0.1) is 0 Å². The number of carbonyl (C=O) groups excluding carboxylic acids is 1. The number of nitrogens with one attached hydrogen (secondary N) is 1. The molecule has 1 aliphatic rings. The Morgan fingerprint density at radius 3 is 2.31 bits per heavy atom. The van der Waals surface area contributed by atoms with Crippen LogP contribution in [0.5, 0.6) is 5.75 Å². The smallest absolute Gasteiger partial charge is 0.271 e. The molecule has 0 saturated heterocycles. The molecule has 6 nitrogen and oxygen atoms in total. The fourth-order valence-corrected chi connectivity index (χ4v) is 5.04. The van der Waals surface area contributed by atoms with Crippen molar-refractivity contribution in [2.24, 2.45) is 5.10 Å². The van der Waals surface area contributed by atoms with Gasteiger partial charge in [0.15, 0.2) is 0 Å². The SMILES string of the molecule is CCN1c2cc(OC)c(/C=N\NC(=O)c3ccc(-n4c(C)ccc4C)cc3)cc2C(C)=CC1(C)C. The maximum absolute atomic E-state index is 12.7. The molecule has 1 amide bonds. The van der Waals surface area contributed by atoms with Crippen LogP contribution in [0, 0.1) is 13.8 Å². The standard InChI is InChI=1S/C29H34N4O2/c1-8-32-26-16-27(35-7)23(15-25(26)19(2)17-29(32,5)6)18-30-31-28(34)22-11-13-24(14-12-22)33-20(3)9-10-21(33)4/h9-18H,8H2,1-7H3,(H,31,34)/b30-18-. The molecule has 182 valence electrons. The number of benzene rings is 2. The van der Waals surface area contributed by atoms with E-state index in [-0.39, 0.29) is 11.4 Å². The number of carbonyl (C=O) groups is 1. The van der Waals surface area contributed by atoms with E-state index in [9.17, 15) is 4.79 Å². The van der Waals surface area contributed by atoms with E-state index in [1.807, 2.05) is 24.3 Å². The second-order valence-corrected chi connectivity index (χ2v) is 9.53. The number of hydrogen-bond donors (Lipinski definition) is 1. The molecule has 1 aliphatic heterocycles. The maximum atomic E-state index is 12.7. The Kier molecular flexibility index (Phi) is 6.57. The number of fused-ring (bicyclic) bond motifs is 1. The van der Waals surface area contributed by atoms with E-state index in [4.69, 9.17) is 4.74 Å². The Morgan fingerprint density at radius 2 is 1.71 bits per heavy atom.